The highest BCUT2D eigenvalue weighted by Gasteiger charge is 2.11. The van der Waals surface area contributed by atoms with E-state index in [9.17, 15) is 4.79 Å². The summed E-state index contributed by atoms with van der Waals surface area (Å²) in [5.74, 6) is 0.0481. The molecule has 4 heteroatoms. The van der Waals surface area contributed by atoms with Crippen molar-refractivity contribution >= 4 is 11.6 Å². The molecule has 4 N–H and O–H groups in total. The third-order valence-electron chi connectivity index (χ3n) is 2.71. The molecule has 0 bridgehead atoms. The first-order valence-electron chi connectivity index (χ1n) is 6.45. The topological polar surface area (TPSA) is 67.2 Å². The van der Waals surface area contributed by atoms with Crippen LogP contribution in [0, 0.1) is 6.92 Å². The Morgan fingerprint density at radius 3 is 2.56 bits per heavy atom. The molecule has 4 nitrogen and oxygen atoms in total. The van der Waals surface area contributed by atoms with E-state index >= 15 is 0 Å². The largest absolute Gasteiger partial charge is 0.381 e. The summed E-state index contributed by atoms with van der Waals surface area (Å²) in [6, 6.07) is 8.05. The Kier molecular flexibility index (Phi) is 6.22. The van der Waals surface area contributed by atoms with Gasteiger partial charge in [-0.15, -0.1) is 0 Å². The van der Waals surface area contributed by atoms with Gasteiger partial charge in [-0.25, -0.2) is 0 Å². The minimum absolute atomic E-state index is 0.0236. The van der Waals surface area contributed by atoms with Crippen molar-refractivity contribution < 1.29 is 4.79 Å². The minimum Gasteiger partial charge on any atom is -0.381 e. The van der Waals surface area contributed by atoms with Gasteiger partial charge in [0, 0.05) is 31.2 Å². The molecule has 0 aliphatic heterocycles. The van der Waals surface area contributed by atoms with Gasteiger partial charge in [0.05, 0.1) is 0 Å². The second-order valence-corrected chi connectivity index (χ2v) is 4.50. The molecule has 1 aromatic rings. The number of amides is 1. The number of hydrogen-bond acceptors (Lipinski definition) is 3. The fraction of sp³-hybridized carbons (Fsp3) is 0.500. The van der Waals surface area contributed by atoms with Gasteiger partial charge in [-0.2, -0.15) is 0 Å². The number of carbonyl (C=O) groups excluding carboxylic acids is 1. The Hall–Kier alpha value is -1.55. The lowest BCUT2D eigenvalue weighted by Gasteiger charge is -2.17. The molecule has 1 amide bonds. The number of nitrogens with two attached hydrogens (primary N) is 1. The Morgan fingerprint density at radius 2 is 2.00 bits per heavy atom. The molecule has 1 atom stereocenters. The standard InChI is InChI=1S/C14H23N3O/c1-3-8-16-14(18)9-13(10-15)17-12-6-4-11(2)5-7-12/h4-7,13,17H,3,8-10,15H2,1-2H3,(H,16,18). The van der Waals surface area contributed by atoms with E-state index in [-0.39, 0.29) is 11.9 Å². The van der Waals surface area contributed by atoms with Crippen molar-refractivity contribution in [2.45, 2.75) is 32.7 Å². The highest BCUT2D eigenvalue weighted by molar-refractivity contribution is 5.77. The zero-order valence-electron chi connectivity index (χ0n) is 11.2. The third kappa shape index (κ3) is 5.19. The molecule has 0 radical (unpaired) electrons. The quantitative estimate of drug-likeness (QED) is 0.688. The summed E-state index contributed by atoms with van der Waals surface area (Å²) in [6.07, 6.45) is 1.36. The zero-order chi connectivity index (χ0) is 13.4. The fourth-order valence-electron chi connectivity index (χ4n) is 1.64. The maximum absolute atomic E-state index is 11.6. The van der Waals surface area contributed by atoms with Crippen LogP contribution >= 0.6 is 0 Å². The summed E-state index contributed by atoms with van der Waals surface area (Å²) in [4.78, 5) is 11.6. The van der Waals surface area contributed by atoms with Gasteiger partial charge in [-0.05, 0) is 25.5 Å². The maximum atomic E-state index is 11.6. The molecule has 1 unspecified atom stereocenters. The van der Waals surface area contributed by atoms with E-state index in [1.54, 1.807) is 0 Å². The van der Waals surface area contributed by atoms with E-state index in [1.807, 2.05) is 38.1 Å². The van der Waals surface area contributed by atoms with Crippen molar-refractivity contribution in [3.63, 3.8) is 0 Å². The summed E-state index contributed by atoms with van der Waals surface area (Å²) in [6.45, 7) is 5.24. The van der Waals surface area contributed by atoms with Gasteiger partial charge in [0.25, 0.3) is 0 Å². The molecule has 1 rings (SSSR count). The number of hydrogen-bond donors (Lipinski definition) is 3. The molecule has 0 heterocycles. The summed E-state index contributed by atoms with van der Waals surface area (Å²) < 4.78 is 0. The van der Waals surface area contributed by atoms with Crippen LogP contribution in [0.15, 0.2) is 24.3 Å². The van der Waals surface area contributed by atoms with Gasteiger partial charge < -0.3 is 16.4 Å². The smallest absolute Gasteiger partial charge is 0.222 e. The SMILES string of the molecule is CCCNC(=O)CC(CN)Nc1ccc(C)cc1. The second kappa shape index (κ2) is 7.71. The van der Waals surface area contributed by atoms with Crippen LogP contribution in [-0.4, -0.2) is 25.0 Å². The first-order chi connectivity index (χ1) is 8.65. The van der Waals surface area contributed by atoms with Crippen molar-refractivity contribution in [2.75, 3.05) is 18.4 Å². The van der Waals surface area contributed by atoms with Crippen molar-refractivity contribution in [3.05, 3.63) is 29.8 Å². The lowest BCUT2D eigenvalue weighted by molar-refractivity contribution is -0.121. The molecule has 0 saturated carbocycles. The second-order valence-electron chi connectivity index (χ2n) is 4.50. The molecule has 0 aromatic heterocycles. The molecule has 0 fully saturated rings. The molecule has 0 spiro atoms. The predicted molar refractivity (Wildman–Crippen MR) is 75.6 cm³/mol. The molecule has 18 heavy (non-hydrogen) atoms. The van der Waals surface area contributed by atoms with Crippen LogP contribution in [-0.2, 0) is 4.79 Å². The lowest BCUT2D eigenvalue weighted by atomic mass is 10.1. The fourth-order valence-corrected chi connectivity index (χ4v) is 1.64. The van der Waals surface area contributed by atoms with Crippen LogP contribution in [0.2, 0.25) is 0 Å². The average Bonchev–Trinajstić information content (AvgIpc) is 2.38. The predicted octanol–water partition coefficient (Wildman–Crippen LogP) is 1.65. The van der Waals surface area contributed by atoms with Crippen molar-refractivity contribution in [1.29, 1.82) is 0 Å². The summed E-state index contributed by atoms with van der Waals surface area (Å²) >= 11 is 0. The van der Waals surface area contributed by atoms with E-state index in [0.717, 1.165) is 18.7 Å². The van der Waals surface area contributed by atoms with Crippen molar-refractivity contribution in [3.8, 4) is 0 Å². The highest BCUT2D eigenvalue weighted by atomic mass is 16.1. The Balaban J connectivity index is 2.46. The van der Waals surface area contributed by atoms with Gasteiger partial charge in [0.15, 0.2) is 0 Å². The molecule has 0 saturated heterocycles. The van der Waals surface area contributed by atoms with E-state index in [1.165, 1.54) is 5.56 Å². The zero-order valence-corrected chi connectivity index (χ0v) is 11.2. The van der Waals surface area contributed by atoms with Gasteiger partial charge >= 0.3 is 0 Å². The van der Waals surface area contributed by atoms with Crippen LogP contribution in [0.3, 0.4) is 0 Å². The van der Waals surface area contributed by atoms with Gasteiger partial charge in [0.2, 0.25) is 5.91 Å². The Bertz CT molecular complexity index is 362. The van der Waals surface area contributed by atoms with Gasteiger partial charge in [-0.3, -0.25) is 4.79 Å². The molecular weight excluding hydrogens is 226 g/mol. The average molecular weight is 249 g/mol. The first-order valence-corrected chi connectivity index (χ1v) is 6.45. The molecule has 0 aliphatic rings. The van der Waals surface area contributed by atoms with E-state index in [2.05, 4.69) is 10.6 Å². The molecule has 0 aliphatic carbocycles. The van der Waals surface area contributed by atoms with Crippen LogP contribution in [0.5, 0.6) is 0 Å². The van der Waals surface area contributed by atoms with Gasteiger partial charge in [-0.1, -0.05) is 24.6 Å². The number of carbonyl (C=O) groups is 1. The number of rotatable bonds is 7. The molecular formula is C14H23N3O. The Morgan fingerprint density at radius 1 is 1.33 bits per heavy atom. The van der Waals surface area contributed by atoms with Crippen LogP contribution in [0.25, 0.3) is 0 Å². The molecule has 1 aromatic carbocycles. The van der Waals surface area contributed by atoms with E-state index in [4.69, 9.17) is 5.73 Å². The van der Waals surface area contributed by atoms with Crippen LogP contribution < -0.4 is 16.4 Å². The van der Waals surface area contributed by atoms with Gasteiger partial charge in [0.1, 0.15) is 0 Å². The first kappa shape index (κ1) is 14.5. The van der Waals surface area contributed by atoms with E-state index < -0.39 is 0 Å². The number of nitrogens with one attached hydrogen (secondary N) is 2. The maximum Gasteiger partial charge on any atom is 0.222 e. The summed E-state index contributed by atoms with van der Waals surface area (Å²) in [5.41, 5.74) is 7.90. The van der Waals surface area contributed by atoms with Crippen LogP contribution in [0.1, 0.15) is 25.3 Å². The Labute approximate surface area is 109 Å². The number of anilines is 1. The molecule has 100 valence electrons. The third-order valence-corrected chi connectivity index (χ3v) is 2.71. The number of benzene rings is 1. The van der Waals surface area contributed by atoms with E-state index in [0.29, 0.717) is 13.0 Å². The van der Waals surface area contributed by atoms with Crippen molar-refractivity contribution in [1.82, 2.24) is 5.32 Å². The number of aryl methyl sites for hydroxylation is 1. The highest BCUT2D eigenvalue weighted by Crippen LogP contribution is 2.10. The summed E-state index contributed by atoms with van der Waals surface area (Å²) in [5, 5.41) is 6.13. The van der Waals surface area contributed by atoms with Crippen LogP contribution in [0.4, 0.5) is 5.69 Å². The van der Waals surface area contributed by atoms with Crippen molar-refractivity contribution in [2.24, 2.45) is 5.73 Å². The normalized spacial score (nSPS) is 11.9. The minimum atomic E-state index is -0.0236. The summed E-state index contributed by atoms with van der Waals surface area (Å²) in [7, 11) is 0. The lowest BCUT2D eigenvalue weighted by Crippen LogP contribution is -2.36. The monoisotopic (exact) mass is 249 g/mol.